The monoisotopic (exact) mass is 275 g/mol. The van der Waals surface area contributed by atoms with E-state index in [-0.39, 0.29) is 13.0 Å². The third kappa shape index (κ3) is 9.30. The molecule has 6 nitrogen and oxygen atoms in total. The number of rotatable bonds is 7. The number of hydrogen-bond acceptors (Lipinski definition) is 5. The first-order chi connectivity index (χ1) is 8.80. The van der Waals surface area contributed by atoms with Crippen molar-refractivity contribution in [1.29, 1.82) is 0 Å². The third-order valence-electron chi connectivity index (χ3n) is 2.14. The van der Waals surface area contributed by atoms with E-state index in [9.17, 15) is 9.59 Å². The fourth-order valence-corrected chi connectivity index (χ4v) is 1.25. The quantitative estimate of drug-likeness (QED) is 0.544. The first-order valence-electron chi connectivity index (χ1n) is 6.57. The van der Waals surface area contributed by atoms with Gasteiger partial charge in [0.2, 0.25) is 0 Å². The molecule has 2 N–H and O–H groups in total. The van der Waals surface area contributed by atoms with Crippen molar-refractivity contribution in [3.05, 3.63) is 0 Å². The highest BCUT2D eigenvalue weighted by Gasteiger charge is 2.24. The number of amides is 1. The van der Waals surface area contributed by atoms with Crippen LogP contribution in [0.5, 0.6) is 0 Å². The molecular weight excluding hydrogens is 250 g/mol. The molecule has 0 spiro atoms. The summed E-state index contributed by atoms with van der Waals surface area (Å²) in [5.41, 5.74) is -0.639. The van der Waals surface area contributed by atoms with Gasteiger partial charge in [-0.3, -0.25) is 0 Å². The van der Waals surface area contributed by atoms with E-state index >= 15 is 0 Å². The summed E-state index contributed by atoms with van der Waals surface area (Å²) < 4.78 is 10.1. The molecule has 0 fully saturated rings. The van der Waals surface area contributed by atoms with Crippen LogP contribution in [0.1, 0.15) is 47.0 Å². The van der Waals surface area contributed by atoms with Crippen LogP contribution in [0.3, 0.4) is 0 Å². The molecule has 112 valence electrons. The average molecular weight is 275 g/mol. The van der Waals surface area contributed by atoms with Gasteiger partial charge in [0.25, 0.3) is 0 Å². The second-order valence-corrected chi connectivity index (χ2v) is 5.23. The number of aliphatic hydroxyl groups is 1. The normalized spacial score (nSPS) is 12.7. The van der Waals surface area contributed by atoms with E-state index in [1.165, 1.54) is 0 Å². The number of esters is 1. The van der Waals surface area contributed by atoms with Crippen LogP contribution in [0.4, 0.5) is 4.79 Å². The number of nitrogens with one attached hydrogen (secondary N) is 1. The molecule has 0 aromatic rings. The molecule has 0 aliphatic heterocycles. The largest absolute Gasteiger partial charge is 0.464 e. The molecule has 0 saturated carbocycles. The summed E-state index contributed by atoms with van der Waals surface area (Å²) in [7, 11) is 0. The van der Waals surface area contributed by atoms with Crippen LogP contribution in [0, 0.1) is 0 Å². The van der Waals surface area contributed by atoms with Gasteiger partial charge in [0.05, 0.1) is 6.61 Å². The number of unbranched alkanes of at least 4 members (excludes halogenated alkanes) is 1. The third-order valence-corrected chi connectivity index (χ3v) is 2.14. The van der Waals surface area contributed by atoms with Gasteiger partial charge in [-0.15, -0.1) is 0 Å². The molecule has 1 atom stereocenters. The van der Waals surface area contributed by atoms with Gasteiger partial charge in [-0.25, -0.2) is 9.59 Å². The molecule has 0 aromatic carbocycles. The van der Waals surface area contributed by atoms with E-state index in [0.29, 0.717) is 6.61 Å². The van der Waals surface area contributed by atoms with Crippen molar-refractivity contribution < 1.29 is 24.2 Å². The van der Waals surface area contributed by atoms with E-state index in [1.807, 2.05) is 6.92 Å². The fraction of sp³-hybridized carbons (Fsp3) is 0.846. The Kier molecular flexibility index (Phi) is 8.14. The second-order valence-electron chi connectivity index (χ2n) is 5.23. The SMILES string of the molecule is CCCCOC(=O)[C@H](CCO)NC(=O)OC(C)(C)C. The lowest BCUT2D eigenvalue weighted by Gasteiger charge is -2.22. The van der Waals surface area contributed by atoms with Crippen LogP contribution >= 0.6 is 0 Å². The zero-order chi connectivity index (χ0) is 14.9. The Morgan fingerprint density at radius 3 is 2.42 bits per heavy atom. The smallest absolute Gasteiger partial charge is 0.408 e. The number of ether oxygens (including phenoxy) is 2. The number of carbonyl (C=O) groups is 2. The van der Waals surface area contributed by atoms with Gasteiger partial charge < -0.3 is 19.9 Å². The van der Waals surface area contributed by atoms with Gasteiger partial charge in [-0.1, -0.05) is 13.3 Å². The van der Waals surface area contributed by atoms with Crippen LogP contribution < -0.4 is 5.32 Å². The van der Waals surface area contributed by atoms with Gasteiger partial charge in [0.15, 0.2) is 0 Å². The number of hydrogen-bond donors (Lipinski definition) is 2. The standard InChI is InChI=1S/C13H25NO5/c1-5-6-9-18-11(16)10(7-8-15)14-12(17)19-13(2,3)4/h10,15H,5-9H2,1-4H3,(H,14,17)/t10-/m0/s1. The first kappa shape index (κ1) is 17.7. The van der Waals surface area contributed by atoms with Crippen molar-refractivity contribution in [2.45, 2.75) is 58.6 Å². The Labute approximate surface area is 114 Å². The van der Waals surface area contributed by atoms with Crippen molar-refractivity contribution >= 4 is 12.1 Å². The summed E-state index contributed by atoms with van der Waals surface area (Å²) in [6, 6.07) is -0.878. The maximum atomic E-state index is 11.7. The minimum atomic E-state index is -0.878. The van der Waals surface area contributed by atoms with Crippen molar-refractivity contribution in [3.63, 3.8) is 0 Å². The van der Waals surface area contributed by atoms with Crippen molar-refractivity contribution in [1.82, 2.24) is 5.32 Å². The van der Waals surface area contributed by atoms with Crippen LogP contribution in [0.2, 0.25) is 0 Å². The molecule has 0 aromatic heterocycles. The van der Waals surface area contributed by atoms with E-state index in [1.54, 1.807) is 20.8 Å². The van der Waals surface area contributed by atoms with Crippen LogP contribution in [-0.4, -0.2) is 42.0 Å². The predicted octanol–water partition coefficient (Wildman–Crippen LogP) is 1.61. The van der Waals surface area contributed by atoms with Crippen molar-refractivity contribution in [2.24, 2.45) is 0 Å². The van der Waals surface area contributed by atoms with E-state index in [0.717, 1.165) is 12.8 Å². The molecule has 0 bridgehead atoms. The van der Waals surface area contributed by atoms with Crippen LogP contribution in [0.25, 0.3) is 0 Å². The van der Waals surface area contributed by atoms with Crippen molar-refractivity contribution in [3.8, 4) is 0 Å². The molecule has 0 aliphatic rings. The van der Waals surface area contributed by atoms with Gasteiger partial charge >= 0.3 is 12.1 Å². The number of aliphatic hydroxyl groups excluding tert-OH is 1. The minimum Gasteiger partial charge on any atom is -0.464 e. The Bertz CT molecular complexity index is 285. The molecule has 19 heavy (non-hydrogen) atoms. The molecule has 0 radical (unpaired) electrons. The van der Waals surface area contributed by atoms with Gasteiger partial charge in [-0.2, -0.15) is 0 Å². The zero-order valence-electron chi connectivity index (χ0n) is 12.2. The minimum absolute atomic E-state index is 0.101. The molecule has 1 amide bonds. The van der Waals surface area contributed by atoms with Gasteiger partial charge in [0, 0.05) is 13.0 Å². The summed E-state index contributed by atoms with van der Waals surface area (Å²) >= 11 is 0. The lowest BCUT2D eigenvalue weighted by atomic mass is 10.2. The maximum absolute atomic E-state index is 11.7. The van der Waals surface area contributed by atoms with E-state index in [4.69, 9.17) is 14.6 Å². The first-order valence-corrected chi connectivity index (χ1v) is 6.57. The molecule has 6 heteroatoms. The lowest BCUT2D eigenvalue weighted by molar-refractivity contribution is -0.146. The van der Waals surface area contributed by atoms with Crippen LogP contribution in [-0.2, 0) is 14.3 Å². The highest BCUT2D eigenvalue weighted by molar-refractivity contribution is 5.81. The Hall–Kier alpha value is -1.30. The Balaban J connectivity index is 4.31. The van der Waals surface area contributed by atoms with Crippen LogP contribution in [0.15, 0.2) is 0 Å². The van der Waals surface area contributed by atoms with E-state index < -0.39 is 23.7 Å². The molecule has 0 saturated heterocycles. The Morgan fingerprint density at radius 1 is 1.32 bits per heavy atom. The number of alkyl carbamates (subject to hydrolysis) is 1. The summed E-state index contributed by atoms with van der Waals surface area (Å²) in [5, 5.41) is 11.3. The molecule has 0 aliphatic carbocycles. The molecular formula is C13H25NO5. The average Bonchev–Trinajstić information content (AvgIpc) is 2.26. The maximum Gasteiger partial charge on any atom is 0.408 e. The molecule has 0 heterocycles. The summed E-state index contributed by atoms with van der Waals surface area (Å²) in [6.07, 6.45) is 1.09. The summed E-state index contributed by atoms with van der Waals surface area (Å²) in [5.74, 6) is -0.548. The molecule has 0 rings (SSSR count). The van der Waals surface area contributed by atoms with E-state index in [2.05, 4.69) is 5.32 Å². The predicted molar refractivity (Wildman–Crippen MR) is 70.7 cm³/mol. The second kappa shape index (κ2) is 8.74. The number of carbonyl (C=O) groups excluding carboxylic acids is 2. The highest BCUT2D eigenvalue weighted by atomic mass is 16.6. The van der Waals surface area contributed by atoms with Gasteiger partial charge in [0.1, 0.15) is 11.6 Å². The lowest BCUT2D eigenvalue weighted by Crippen LogP contribution is -2.44. The molecule has 0 unspecified atom stereocenters. The topological polar surface area (TPSA) is 84.9 Å². The fourth-order valence-electron chi connectivity index (χ4n) is 1.25. The van der Waals surface area contributed by atoms with Crippen molar-refractivity contribution in [2.75, 3.05) is 13.2 Å². The Morgan fingerprint density at radius 2 is 1.95 bits per heavy atom. The summed E-state index contributed by atoms with van der Waals surface area (Å²) in [6.45, 7) is 7.27. The highest BCUT2D eigenvalue weighted by Crippen LogP contribution is 2.07. The van der Waals surface area contributed by atoms with Gasteiger partial charge in [-0.05, 0) is 27.2 Å². The zero-order valence-corrected chi connectivity index (χ0v) is 12.2. The summed E-state index contributed by atoms with van der Waals surface area (Å²) in [4.78, 5) is 23.3.